The van der Waals surface area contributed by atoms with Gasteiger partial charge in [-0.25, -0.2) is 4.98 Å². The topological polar surface area (TPSA) is 92.7 Å². The zero-order valence-corrected chi connectivity index (χ0v) is 18.5. The lowest BCUT2D eigenvalue weighted by atomic mass is 9.92. The van der Waals surface area contributed by atoms with Crippen LogP contribution in [0, 0.1) is 6.92 Å². The first kappa shape index (κ1) is 21.8. The van der Waals surface area contributed by atoms with Crippen molar-refractivity contribution in [2.75, 3.05) is 0 Å². The van der Waals surface area contributed by atoms with E-state index in [1.54, 1.807) is 30.8 Å². The molecule has 1 aromatic carbocycles. The van der Waals surface area contributed by atoms with E-state index in [9.17, 15) is 9.59 Å². The van der Waals surface area contributed by atoms with Crippen LogP contribution in [0.2, 0.25) is 5.02 Å². The van der Waals surface area contributed by atoms with Crippen molar-refractivity contribution < 1.29 is 4.79 Å². The number of hydrogen-bond acceptors (Lipinski definition) is 4. The van der Waals surface area contributed by atoms with E-state index < -0.39 is 6.04 Å². The summed E-state index contributed by atoms with van der Waals surface area (Å²) in [6, 6.07) is 10.1. The Kier molecular flexibility index (Phi) is 6.12. The summed E-state index contributed by atoms with van der Waals surface area (Å²) in [6.07, 6.45) is 0.363. The molecule has 2 heterocycles. The van der Waals surface area contributed by atoms with Crippen LogP contribution >= 0.6 is 11.6 Å². The summed E-state index contributed by atoms with van der Waals surface area (Å²) in [6.45, 7) is 7.88. The number of carbonyl (C=O) groups is 1. The van der Waals surface area contributed by atoms with Gasteiger partial charge in [0, 0.05) is 30.0 Å². The van der Waals surface area contributed by atoms with Gasteiger partial charge in [0.15, 0.2) is 0 Å². The van der Waals surface area contributed by atoms with Crippen LogP contribution in [0.4, 0.5) is 0 Å². The fourth-order valence-electron chi connectivity index (χ4n) is 3.18. The van der Waals surface area contributed by atoms with Crippen LogP contribution in [-0.4, -0.2) is 25.7 Å². The number of nitrogens with one attached hydrogen (secondary N) is 2. The number of rotatable bonds is 5. The predicted octanol–water partition coefficient (Wildman–Crippen LogP) is 3.48. The summed E-state index contributed by atoms with van der Waals surface area (Å²) in [5.74, 6) is 0.280. The molecule has 0 spiro atoms. The second-order valence-electron chi connectivity index (χ2n) is 8.39. The molecule has 158 valence electrons. The minimum Gasteiger partial charge on any atom is -0.344 e. The van der Waals surface area contributed by atoms with Gasteiger partial charge in [0.05, 0.1) is 17.4 Å². The van der Waals surface area contributed by atoms with Gasteiger partial charge in [0.1, 0.15) is 11.5 Å². The van der Waals surface area contributed by atoms with Crippen LogP contribution in [0.3, 0.4) is 0 Å². The lowest BCUT2D eigenvalue weighted by Gasteiger charge is -2.19. The first-order valence-corrected chi connectivity index (χ1v) is 10.1. The smallest absolute Gasteiger partial charge is 0.270 e. The number of aromatic amines is 1. The molecular weight excluding hydrogens is 402 g/mol. The summed E-state index contributed by atoms with van der Waals surface area (Å²) in [7, 11) is 1.75. The fourth-order valence-corrected chi connectivity index (χ4v) is 3.31. The second kappa shape index (κ2) is 8.44. The highest BCUT2D eigenvalue weighted by molar-refractivity contribution is 6.30. The lowest BCUT2D eigenvalue weighted by Crippen LogP contribution is -2.32. The predicted molar refractivity (Wildman–Crippen MR) is 117 cm³/mol. The molecule has 1 amide bonds. The number of halogens is 1. The Morgan fingerprint density at radius 1 is 1.23 bits per heavy atom. The van der Waals surface area contributed by atoms with E-state index in [-0.39, 0.29) is 16.9 Å². The molecule has 0 bridgehead atoms. The van der Waals surface area contributed by atoms with E-state index in [2.05, 4.69) is 41.2 Å². The minimum atomic E-state index is -0.392. The molecule has 3 aromatic rings. The molecule has 0 unspecified atom stereocenters. The average Bonchev–Trinajstić information content (AvgIpc) is 3.03. The third-order valence-corrected chi connectivity index (χ3v) is 5.04. The van der Waals surface area contributed by atoms with Gasteiger partial charge in [-0.1, -0.05) is 44.5 Å². The maximum Gasteiger partial charge on any atom is 0.270 e. The van der Waals surface area contributed by atoms with Crippen molar-refractivity contribution in [3.63, 3.8) is 0 Å². The number of aryl methyl sites for hydroxylation is 2. The van der Waals surface area contributed by atoms with E-state index in [0.29, 0.717) is 28.7 Å². The molecule has 8 heteroatoms. The highest BCUT2D eigenvalue weighted by Crippen LogP contribution is 2.23. The van der Waals surface area contributed by atoms with Gasteiger partial charge in [0.2, 0.25) is 0 Å². The van der Waals surface area contributed by atoms with Crippen molar-refractivity contribution in [1.82, 2.24) is 25.1 Å². The third-order valence-electron chi connectivity index (χ3n) is 4.78. The maximum atomic E-state index is 13.1. The minimum absolute atomic E-state index is 0.168. The van der Waals surface area contributed by atoms with Crippen LogP contribution < -0.4 is 10.9 Å². The summed E-state index contributed by atoms with van der Waals surface area (Å²) in [5.41, 5.74) is 2.38. The molecule has 1 atom stereocenters. The van der Waals surface area contributed by atoms with Gasteiger partial charge in [0.25, 0.3) is 11.5 Å². The van der Waals surface area contributed by atoms with Gasteiger partial charge < -0.3 is 10.3 Å². The third kappa shape index (κ3) is 5.16. The second-order valence-corrected chi connectivity index (χ2v) is 8.83. The zero-order chi connectivity index (χ0) is 22.1. The van der Waals surface area contributed by atoms with Crippen molar-refractivity contribution in [3.8, 4) is 0 Å². The molecule has 7 nitrogen and oxygen atoms in total. The molecule has 0 radical (unpaired) electrons. The molecule has 2 aromatic heterocycles. The molecular formula is C22H26ClN5O2. The molecule has 0 saturated carbocycles. The fraction of sp³-hybridized carbons (Fsp3) is 0.364. The number of aromatic nitrogens is 4. The molecule has 0 aliphatic heterocycles. The van der Waals surface area contributed by atoms with Crippen molar-refractivity contribution in [3.05, 3.63) is 80.2 Å². The Labute approximate surface area is 180 Å². The molecule has 0 aliphatic rings. The summed E-state index contributed by atoms with van der Waals surface area (Å²) in [5, 5.41) is 8.16. The Hall–Kier alpha value is -2.93. The summed E-state index contributed by atoms with van der Waals surface area (Å²) < 4.78 is 1.59. The SMILES string of the molecule is Cc1nc(C[C@@H](NC(=O)c2cc(C(C)(C)C)nn2C)c2ccc(Cl)cc2)cc(=O)[nH]1. The first-order chi connectivity index (χ1) is 14.0. The standard InChI is InChI=1S/C22H26ClN5O2/c1-13-24-16(11-20(29)25-13)10-17(14-6-8-15(23)9-7-14)26-21(30)18-12-19(22(2,3)4)27-28(18)5/h6-9,11-12,17H,10H2,1-5H3,(H,26,30)(H,24,25,29)/t17-/m1/s1. The van der Waals surface area contributed by atoms with E-state index in [0.717, 1.165) is 11.3 Å². The van der Waals surface area contributed by atoms with Gasteiger partial charge >= 0.3 is 0 Å². The molecule has 0 saturated heterocycles. The largest absolute Gasteiger partial charge is 0.344 e. The monoisotopic (exact) mass is 427 g/mol. The van der Waals surface area contributed by atoms with Crippen molar-refractivity contribution in [2.24, 2.45) is 7.05 Å². The Morgan fingerprint density at radius 2 is 1.90 bits per heavy atom. The Morgan fingerprint density at radius 3 is 2.47 bits per heavy atom. The van der Waals surface area contributed by atoms with Crippen molar-refractivity contribution in [1.29, 1.82) is 0 Å². The number of amides is 1. The average molecular weight is 428 g/mol. The van der Waals surface area contributed by atoms with Crippen LogP contribution in [0.25, 0.3) is 0 Å². The van der Waals surface area contributed by atoms with Crippen LogP contribution in [0.5, 0.6) is 0 Å². The summed E-state index contributed by atoms with van der Waals surface area (Å²) >= 11 is 6.03. The molecule has 3 rings (SSSR count). The van der Waals surface area contributed by atoms with Crippen LogP contribution in [-0.2, 0) is 18.9 Å². The van der Waals surface area contributed by atoms with Crippen LogP contribution in [0.15, 0.2) is 41.2 Å². The van der Waals surface area contributed by atoms with E-state index in [1.807, 2.05) is 18.2 Å². The first-order valence-electron chi connectivity index (χ1n) is 9.70. The Balaban J connectivity index is 1.92. The number of H-pyrrole nitrogens is 1. The number of nitrogens with zero attached hydrogens (tertiary/aromatic N) is 3. The highest BCUT2D eigenvalue weighted by Gasteiger charge is 2.24. The van der Waals surface area contributed by atoms with Crippen molar-refractivity contribution >= 4 is 17.5 Å². The van der Waals surface area contributed by atoms with E-state index >= 15 is 0 Å². The quantitative estimate of drug-likeness (QED) is 0.652. The molecule has 30 heavy (non-hydrogen) atoms. The van der Waals surface area contributed by atoms with E-state index in [4.69, 9.17) is 11.6 Å². The summed E-state index contributed by atoms with van der Waals surface area (Å²) in [4.78, 5) is 32.0. The van der Waals surface area contributed by atoms with E-state index in [1.165, 1.54) is 6.07 Å². The highest BCUT2D eigenvalue weighted by atomic mass is 35.5. The molecule has 0 fully saturated rings. The molecule has 0 aliphatic carbocycles. The van der Waals surface area contributed by atoms with Gasteiger partial charge in [-0.2, -0.15) is 5.10 Å². The van der Waals surface area contributed by atoms with Gasteiger partial charge in [-0.15, -0.1) is 0 Å². The van der Waals surface area contributed by atoms with Crippen molar-refractivity contribution in [2.45, 2.75) is 45.6 Å². The number of hydrogen-bond donors (Lipinski definition) is 2. The zero-order valence-electron chi connectivity index (χ0n) is 17.8. The van der Waals surface area contributed by atoms with Gasteiger partial charge in [-0.05, 0) is 30.7 Å². The normalized spacial score (nSPS) is 12.6. The maximum absolute atomic E-state index is 13.1. The number of carbonyl (C=O) groups excluding carboxylic acids is 1. The number of benzene rings is 1. The molecule has 2 N–H and O–H groups in total. The van der Waals surface area contributed by atoms with Crippen LogP contribution in [0.1, 0.15) is 60.1 Å². The Bertz CT molecular complexity index is 1110. The van der Waals surface area contributed by atoms with Gasteiger partial charge in [-0.3, -0.25) is 14.3 Å². The lowest BCUT2D eigenvalue weighted by molar-refractivity contribution is 0.0927.